The molecule has 11 heteroatoms. The van der Waals surface area contributed by atoms with Crippen molar-refractivity contribution < 1.29 is 45.7 Å². The Kier molecular flexibility index (Phi) is 4.57. The van der Waals surface area contributed by atoms with Gasteiger partial charge in [0, 0.05) is 16.0 Å². The monoisotopic (exact) mass is 430 g/mol. The van der Waals surface area contributed by atoms with Crippen LogP contribution in [0.3, 0.4) is 0 Å². The lowest BCUT2D eigenvalue weighted by Crippen LogP contribution is -2.29. The van der Waals surface area contributed by atoms with Crippen molar-refractivity contribution in [1.29, 1.82) is 0 Å². The first-order chi connectivity index (χ1) is 12.8. The third-order valence-corrected chi connectivity index (χ3v) is 5.87. The predicted molar refractivity (Wildman–Crippen MR) is 83.5 cm³/mol. The second-order valence-corrected chi connectivity index (χ2v) is 7.48. The molecule has 28 heavy (non-hydrogen) atoms. The maximum Gasteiger partial charge on any atom is 0.426 e. The van der Waals surface area contributed by atoms with Gasteiger partial charge in [-0.15, -0.1) is 0 Å². The fourth-order valence-corrected chi connectivity index (χ4v) is 3.93. The van der Waals surface area contributed by atoms with Crippen molar-refractivity contribution >= 4 is 17.6 Å². The van der Waals surface area contributed by atoms with Gasteiger partial charge in [-0.05, 0) is 24.1 Å². The van der Waals surface area contributed by atoms with E-state index in [0.29, 0.717) is 0 Å². The van der Waals surface area contributed by atoms with Crippen molar-refractivity contribution in [3.8, 4) is 11.5 Å². The number of benzene rings is 1. The van der Waals surface area contributed by atoms with Crippen molar-refractivity contribution in [2.75, 3.05) is 6.79 Å². The van der Waals surface area contributed by atoms with Crippen LogP contribution in [0.4, 0.5) is 26.5 Å². The van der Waals surface area contributed by atoms with Gasteiger partial charge in [0.1, 0.15) is 16.3 Å². The first-order valence-electron chi connectivity index (χ1n) is 7.87. The Morgan fingerprint density at radius 3 is 2.39 bits per heavy atom. The molecule has 3 rings (SSSR count). The minimum absolute atomic E-state index is 0.00361. The summed E-state index contributed by atoms with van der Waals surface area (Å²) in [5, 5.41) is -1.83. The Morgan fingerprint density at radius 2 is 1.86 bits per heavy atom. The van der Waals surface area contributed by atoms with Crippen LogP contribution in [0.2, 0.25) is 0 Å². The fraction of sp³-hybridized carbons (Fsp3) is 0.471. The van der Waals surface area contributed by atoms with Crippen LogP contribution in [0, 0.1) is 16.6 Å². The molecule has 1 aromatic carbocycles. The van der Waals surface area contributed by atoms with Gasteiger partial charge in [-0.2, -0.15) is 13.2 Å². The molecule has 0 spiro atoms. The second-order valence-electron chi connectivity index (χ2n) is 7.07. The Labute approximate surface area is 159 Å². The smallest absolute Gasteiger partial charge is 0.426 e. The van der Waals surface area contributed by atoms with Crippen LogP contribution >= 0.6 is 11.6 Å². The van der Waals surface area contributed by atoms with E-state index in [2.05, 4.69) is 4.94 Å². The standard InChI is InChI=1S/C17H13ClF6O4/c1-14(2)15(13(25)28-24,16(14,20)6-12(18)17(21,22)23)5-8-3-10-11(4-9(8)19)27-7-26-10/h3-4,6H,5,7H2,1-2H3. The van der Waals surface area contributed by atoms with Crippen molar-refractivity contribution in [3.05, 3.63) is 34.6 Å². The number of fused-ring (bicyclic) bond motifs is 1. The third kappa shape index (κ3) is 2.64. The average Bonchev–Trinajstić information content (AvgIpc) is 2.91. The lowest BCUT2D eigenvalue weighted by molar-refractivity contribution is -0.193. The van der Waals surface area contributed by atoms with E-state index in [9.17, 15) is 26.9 Å². The van der Waals surface area contributed by atoms with Gasteiger partial charge < -0.3 is 9.47 Å². The van der Waals surface area contributed by atoms with Gasteiger partial charge >= 0.3 is 12.1 Å². The molecule has 2 atom stereocenters. The largest absolute Gasteiger partial charge is 0.454 e. The molecular weight excluding hydrogens is 418 g/mol. The Balaban J connectivity index is 2.09. The highest BCUT2D eigenvalue weighted by atomic mass is 35.5. The number of alkyl halides is 4. The zero-order valence-electron chi connectivity index (χ0n) is 14.4. The van der Waals surface area contributed by atoms with Crippen LogP contribution in [0.1, 0.15) is 19.4 Å². The highest BCUT2D eigenvalue weighted by Gasteiger charge is 2.88. The lowest BCUT2D eigenvalue weighted by atomic mass is 9.88. The van der Waals surface area contributed by atoms with E-state index >= 15 is 4.39 Å². The lowest BCUT2D eigenvalue weighted by Gasteiger charge is -2.17. The van der Waals surface area contributed by atoms with Crippen LogP contribution < -0.4 is 9.47 Å². The topological polar surface area (TPSA) is 44.8 Å². The summed E-state index contributed by atoms with van der Waals surface area (Å²) in [7, 11) is 0. The maximum absolute atomic E-state index is 15.6. The van der Waals surface area contributed by atoms with Crippen LogP contribution in [-0.2, 0) is 16.2 Å². The molecule has 2 aliphatic rings. The Bertz CT molecular complexity index is 868. The molecule has 154 valence electrons. The van der Waals surface area contributed by atoms with Crippen LogP contribution in [-0.4, -0.2) is 24.6 Å². The molecular formula is C17H13ClF6O4. The first-order valence-corrected chi connectivity index (χ1v) is 8.25. The molecule has 1 aliphatic heterocycles. The highest BCUT2D eigenvalue weighted by Crippen LogP contribution is 2.77. The summed E-state index contributed by atoms with van der Waals surface area (Å²) in [6.07, 6.45) is -5.90. The third-order valence-electron chi connectivity index (χ3n) is 5.55. The second kappa shape index (κ2) is 6.20. The molecule has 0 amide bonds. The number of ether oxygens (including phenoxy) is 2. The van der Waals surface area contributed by atoms with Gasteiger partial charge in [0.05, 0.1) is 0 Å². The van der Waals surface area contributed by atoms with Gasteiger partial charge in [-0.25, -0.2) is 13.6 Å². The van der Waals surface area contributed by atoms with Gasteiger partial charge in [0.15, 0.2) is 17.2 Å². The summed E-state index contributed by atoms with van der Waals surface area (Å²) >= 11 is 5.13. The van der Waals surface area contributed by atoms with E-state index in [1.807, 2.05) is 0 Å². The number of rotatable bonds is 4. The van der Waals surface area contributed by atoms with E-state index in [1.165, 1.54) is 0 Å². The average molecular weight is 431 g/mol. The number of allylic oxidation sites excluding steroid dienone is 2. The molecule has 1 aliphatic carbocycles. The van der Waals surface area contributed by atoms with Crippen LogP contribution in [0.25, 0.3) is 0 Å². The highest BCUT2D eigenvalue weighted by molar-refractivity contribution is 6.30. The number of hydrogen-bond acceptors (Lipinski definition) is 4. The molecule has 0 radical (unpaired) electrons. The first kappa shape index (κ1) is 20.6. The van der Waals surface area contributed by atoms with Crippen LogP contribution in [0.15, 0.2) is 23.2 Å². The molecule has 4 nitrogen and oxygen atoms in total. The zero-order valence-corrected chi connectivity index (χ0v) is 15.2. The van der Waals surface area contributed by atoms with E-state index in [1.54, 1.807) is 0 Å². The minimum Gasteiger partial charge on any atom is -0.454 e. The van der Waals surface area contributed by atoms with E-state index in [4.69, 9.17) is 21.1 Å². The predicted octanol–water partition coefficient (Wildman–Crippen LogP) is 4.94. The summed E-state index contributed by atoms with van der Waals surface area (Å²) < 4.78 is 91.2. The van der Waals surface area contributed by atoms with Crippen molar-refractivity contribution in [2.45, 2.75) is 32.1 Å². The zero-order chi connectivity index (χ0) is 21.1. The van der Waals surface area contributed by atoms with E-state index < -0.39 is 45.9 Å². The number of halogens is 7. The summed E-state index contributed by atoms with van der Waals surface area (Å²) in [4.78, 5) is 15.3. The summed E-state index contributed by atoms with van der Waals surface area (Å²) in [5.74, 6) is -2.57. The number of hydrogen-bond donors (Lipinski definition) is 0. The molecule has 0 bridgehead atoms. The van der Waals surface area contributed by atoms with Crippen LogP contribution in [0.5, 0.6) is 11.5 Å². The molecule has 1 aromatic rings. The molecule has 0 aromatic heterocycles. The Hall–Kier alpha value is -2.10. The SMILES string of the molecule is CC1(C)C(F)(C=C(Cl)C(F)(F)F)C1(Cc1cc2c(cc1F)OCO2)C(=O)OF. The minimum atomic E-state index is -5.09. The van der Waals surface area contributed by atoms with Crippen molar-refractivity contribution in [2.24, 2.45) is 10.8 Å². The normalized spacial score (nSPS) is 28.2. The molecule has 1 heterocycles. The van der Waals surface area contributed by atoms with Gasteiger partial charge in [0.2, 0.25) is 6.79 Å². The summed E-state index contributed by atoms with van der Waals surface area (Å²) in [6.45, 7) is 1.98. The summed E-state index contributed by atoms with van der Waals surface area (Å²) in [6, 6.07) is 2.02. The van der Waals surface area contributed by atoms with Gasteiger partial charge in [0.25, 0.3) is 0 Å². The fourth-order valence-electron chi connectivity index (χ4n) is 3.78. The van der Waals surface area contributed by atoms with Gasteiger partial charge in [-0.3, -0.25) is 4.94 Å². The van der Waals surface area contributed by atoms with E-state index in [0.717, 1.165) is 26.0 Å². The van der Waals surface area contributed by atoms with E-state index in [-0.39, 0.29) is 29.9 Å². The maximum atomic E-state index is 15.6. The van der Waals surface area contributed by atoms with Gasteiger partial charge in [-0.1, -0.05) is 25.4 Å². The molecule has 0 N–H and O–H groups in total. The molecule has 2 unspecified atom stereocenters. The van der Waals surface area contributed by atoms with Crippen molar-refractivity contribution in [1.82, 2.24) is 0 Å². The molecule has 1 fully saturated rings. The summed E-state index contributed by atoms with van der Waals surface area (Å²) in [5.41, 5.74) is -7.73. The van der Waals surface area contributed by atoms with Crippen molar-refractivity contribution in [3.63, 3.8) is 0 Å². The Morgan fingerprint density at radius 1 is 1.29 bits per heavy atom. The molecule has 1 saturated carbocycles. The number of carbonyl (C=O) groups excluding carboxylic acids is 1. The molecule has 0 saturated heterocycles. The number of carbonyl (C=O) groups is 1. The quantitative estimate of drug-likeness (QED) is 0.634.